The van der Waals surface area contributed by atoms with E-state index in [-0.39, 0.29) is 0 Å². The normalized spacial score (nSPS) is 12.7. The Bertz CT molecular complexity index is 395. The number of anilines is 1. The van der Waals surface area contributed by atoms with Crippen molar-refractivity contribution in [1.29, 1.82) is 0 Å². The van der Waals surface area contributed by atoms with Gasteiger partial charge in [0.2, 0.25) is 0 Å². The summed E-state index contributed by atoms with van der Waals surface area (Å²) in [5.41, 5.74) is 2.33. The van der Waals surface area contributed by atoms with Crippen LogP contribution in [0, 0.1) is 5.92 Å². The van der Waals surface area contributed by atoms with Crippen LogP contribution in [0.25, 0.3) is 0 Å². The minimum atomic E-state index is 0.499. The van der Waals surface area contributed by atoms with Gasteiger partial charge in [-0.15, -0.1) is 0 Å². The third-order valence-electron chi connectivity index (χ3n) is 3.65. The maximum Gasteiger partial charge on any atom is 0.0637 e. The predicted molar refractivity (Wildman–Crippen MR) is 89.8 cm³/mol. The third kappa shape index (κ3) is 6.44. The smallest absolute Gasteiger partial charge is 0.0637 e. The van der Waals surface area contributed by atoms with Crippen LogP contribution in [-0.4, -0.2) is 37.8 Å². The lowest BCUT2D eigenvalue weighted by Gasteiger charge is -2.30. The zero-order valence-electron chi connectivity index (χ0n) is 14.2. The van der Waals surface area contributed by atoms with Crippen molar-refractivity contribution in [2.24, 2.45) is 5.92 Å². The maximum atomic E-state index is 5.24. The Hall–Kier alpha value is -1.13. The van der Waals surface area contributed by atoms with Gasteiger partial charge in [-0.25, -0.2) is 0 Å². The van der Waals surface area contributed by atoms with E-state index in [1.54, 1.807) is 7.11 Å². The molecule has 0 fully saturated rings. The fraction of sp³-hybridized carbons (Fsp3) is 0.706. The van der Waals surface area contributed by atoms with Gasteiger partial charge in [0.1, 0.15) is 0 Å². The zero-order valence-corrected chi connectivity index (χ0v) is 14.2. The summed E-state index contributed by atoms with van der Waals surface area (Å²) in [5, 5.41) is 3.45. The van der Waals surface area contributed by atoms with Crippen LogP contribution in [0.15, 0.2) is 18.3 Å². The summed E-state index contributed by atoms with van der Waals surface area (Å²) >= 11 is 0. The molecule has 120 valence electrons. The number of nitrogens with one attached hydrogen (secondary N) is 1. The van der Waals surface area contributed by atoms with Crippen LogP contribution in [0.5, 0.6) is 0 Å². The number of hydrogen-bond acceptors (Lipinski definition) is 4. The van der Waals surface area contributed by atoms with Crippen molar-refractivity contribution < 1.29 is 4.74 Å². The van der Waals surface area contributed by atoms with Crippen LogP contribution in [0.2, 0.25) is 0 Å². The van der Waals surface area contributed by atoms with Gasteiger partial charge >= 0.3 is 0 Å². The fourth-order valence-corrected chi connectivity index (χ4v) is 2.24. The molecule has 1 aromatic rings. The Kier molecular flexibility index (Phi) is 8.31. The molecule has 0 aliphatic rings. The molecule has 1 atom stereocenters. The Morgan fingerprint density at radius 2 is 2.10 bits per heavy atom. The molecule has 0 saturated heterocycles. The van der Waals surface area contributed by atoms with E-state index in [4.69, 9.17) is 4.74 Å². The van der Waals surface area contributed by atoms with Gasteiger partial charge in [-0.2, -0.15) is 0 Å². The van der Waals surface area contributed by atoms with Crippen LogP contribution in [0.1, 0.15) is 39.8 Å². The summed E-state index contributed by atoms with van der Waals surface area (Å²) < 4.78 is 5.24. The van der Waals surface area contributed by atoms with Crippen molar-refractivity contribution >= 4 is 5.69 Å². The first-order valence-electron chi connectivity index (χ1n) is 7.99. The molecule has 1 unspecified atom stereocenters. The van der Waals surface area contributed by atoms with E-state index in [9.17, 15) is 0 Å². The highest BCUT2D eigenvalue weighted by Crippen LogP contribution is 2.18. The lowest BCUT2D eigenvalue weighted by molar-refractivity contribution is 0.203. The number of aromatic nitrogens is 1. The molecule has 0 radical (unpaired) electrons. The molecule has 1 aromatic heterocycles. The number of methoxy groups -OCH3 is 1. The summed E-state index contributed by atoms with van der Waals surface area (Å²) in [6.07, 6.45) is 3.02. The topological polar surface area (TPSA) is 37.4 Å². The molecule has 0 aromatic carbocycles. The fourth-order valence-electron chi connectivity index (χ4n) is 2.24. The summed E-state index contributed by atoms with van der Waals surface area (Å²) in [6, 6.07) is 4.78. The SMILES string of the molecule is CCC(C)N(CCOC)c1ccnc(CNCC(C)C)c1. The zero-order chi connectivity index (χ0) is 15.7. The molecule has 21 heavy (non-hydrogen) atoms. The maximum absolute atomic E-state index is 5.24. The van der Waals surface area contributed by atoms with Gasteiger partial charge in [0.05, 0.1) is 12.3 Å². The molecule has 4 heteroatoms. The monoisotopic (exact) mass is 293 g/mol. The highest BCUT2D eigenvalue weighted by Gasteiger charge is 2.13. The number of ether oxygens (including phenoxy) is 1. The van der Waals surface area contributed by atoms with Crippen LogP contribution in [-0.2, 0) is 11.3 Å². The first-order chi connectivity index (χ1) is 10.1. The minimum absolute atomic E-state index is 0.499. The van der Waals surface area contributed by atoms with Crippen molar-refractivity contribution in [2.75, 3.05) is 31.7 Å². The van der Waals surface area contributed by atoms with Crippen molar-refractivity contribution in [1.82, 2.24) is 10.3 Å². The average Bonchev–Trinajstić information content (AvgIpc) is 2.47. The summed E-state index contributed by atoms with van der Waals surface area (Å²) in [4.78, 5) is 6.86. The van der Waals surface area contributed by atoms with Crippen molar-refractivity contribution in [3.63, 3.8) is 0 Å². The molecule has 0 aliphatic heterocycles. The van der Waals surface area contributed by atoms with Crippen molar-refractivity contribution in [2.45, 2.75) is 46.7 Å². The van der Waals surface area contributed by atoms with E-state index < -0.39 is 0 Å². The quantitative estimate of drug-likeness (QED) is 0.719. The first kappa shape index (κ1) is 17.9. The molecule has 1 heterocycles. The molecular weight excluding hydrogens is 262 g/mol. The molecular formula is C17H31N3O. The van der Waals surface area contributed by atoms with Crippen LogP contribution in [0.3, 0.4) is 0 Å². The Morgan fingerprint density at radius 3 is 2.71 bits per heavy atom. The van der Waals surface area contributed by atoms with Crippen LogP contribution in [0.4, 0.5) is 5.69 Å². The third-order valence-corrected chi connectivity index (χ3v) is 3.65. The van der Waals surface area contributed by atoms with Gasteiger partial charge in [-0.3, -0.25) is 4.98 Å². The predicted octanol–water partition coefficient (Wildman–Crippen LogP) is 3.08. The highest BCUT2D eigenvalue weighted by atomic mass is 16.5. The number of rotatable bonds is 10. The molecule has 4 nitrogen and oxygen atoms in total. The molecule has 0 amide bonds. The van der Waals surface area contributed by atoms with E-state index >= 15 is 0 Å². The summed E-state index contributed by atoms with van der Waals surface area (Å²) in [7, 11) is 1.75. The van der Waals surface area contributed by atoms with Crippen LogP contribution < -0.4 is 10.2 Å². The van der Waals surface area contributed by atoms with Gasteiger partial charge in [-0.1, -0.05) is 20.8 Å². The Balaban J connectivity index is 2.73. The molecule has 0 aliphatic carbocycles. The minimum Gasteiger partial charge on any atom is -0.383 e. The van der Waals surface area contributed by atoms with E-state index in [1.165, 1.54) is 5.69 Å². The lowest BCUT2D eigenvalue weighted by atomic mass is 10.2. The van der Waals surface area contributed by atoms with E-state index in [1.807, 2.05) is 6.20 Å². The van der Waals surface area contributed by atoms with Crippen molar-refractivity contribution in [3.05, 3.63) is 24.0 Å². The van der Waals surface area contributed by atoms with Gasteiger partial charge in [-0.05, 0) is 37.9 Å². The van der Waals surface area contributed by atoms with E-state index in [0.717, 1.165) is 38.4 Å². The molecule has 0 saturated carbocycles. The van der Waals surface area contributed by atoms with Gasteiger partial charge in [0.15, 0.2) is 0 Å². The summed E-state index contributed by atoms with van der Waals surface area (Å²) in [6.45, 7) is 12.4. The van der Waals surface area contributed by atoms with Gasteiger partial charge < -0.3 is 15.0 Å². The first-order valence-corrected chi connectivity index (χ1v) is 7.99. The summed E-state index contributed by atoms with van der Waals surface area (Å²) in [5.74, 6) is 0.659. The largest absolute Gasteiger partial charge is 0.383 e. The number of pyridine rings is 1. The molecule has 0 bridgehead atoms. The van der Waals surface area contributed by atoms with E-state index in [0.29, 0.717) is 12.0 Å². The van der Waals surface area contributed by atoms with Crippen LogP contribution >= 0.6 is 0 Å². The van der Waals surface area contributed by atoms with Crippen molar-refractivity contribution in [3.8, 4) is 0 Å². The molecule has 1 rings (SSSR count). The Labute approximate surface area is 129 Å². The highest BCUT2D eigenvalue weighted by molar-refractivity contribution is 5.47. The van der Waals surface area contributed by atoms with Gasteiger partial charge in [0.25, 0.3) is 0 Å². The number of hydrogen-bond donors (Lipinski definition) is 1. The average molecular weight is 293 g/mol. The van der Waals surface area contributed by atoms with E-state index in [2.05, 4.69) is 55.0 Å². The lowest BCUT2D eigenvalue weighted by Crippen LogP contribution is -2.35. The second kappa shape index (κ2) is 9.74. The second-order valence-electron chi connectivity index (χ2n) is 5.97. The standard InChI is InChI=1S/C17H31N3O/c1-6-15(4)20(9-10-21-5)17-7-8-19-16(11-17)13-18-12-14(2)3/h7-8,11,14-15,18H,6,9-10,12-13H2,1-5H3. The molecule has 0 spiro atoms. The molecule has 1 N–H and O–H groups in total. The second-order valence-corrected chi connectivity index (χ2v) is 5.97. The Morgan fingerprint density at radius 1 is 1.33 bits per heavy atom. The van der Waals surface area contributed by atoms with Gasteiger partial charge in [0, 0.05) is 38.1 Å². The number of nitrogens with zero attached hydrogens (tertiary/aromatic N) is 2.